The number of aromatic nitrogens is 1. The Labute approximate surface area is 122 Å². The van der Waals surface area contributed by atoms with E-state index in [4.69, 9.17) is 23.2 Å². The molecule has 0 amide bonds. The molecule has 1 unspecified atom stereocenters. The van der Waals surface area contributed by atoms with Crippen LogP contribution in [-0.4, -0.2) is 9.67 Å². The molecule has 1 aliphatic rings. The maximum atomic E-state index is 10.1. The zero-order valence-electron chi connectivity index (χ0n) is 10.7. The molecule has 1 N–H and O–H groups in total. The Morgan fingerprint density at radius 1 is 1.26 bits per heavy atom. The zero-order chi connectivity index (χ0) is 13.6. The Balaban J connectivity index is 2.26. The van der Waals surface area contributed by atoms with E-state index in [1.54, 1.807) is 0 Å². The van der Waals surface area contributed by atoms with E-state index in [9.17, 15) is 5.11 Å². The highest BCUT2D eigenvalue weighted by Gasteiger charge is 2.25. The molecule has 1 aromatic heterocycles. The molecule has 0 spiro atoms. The Morgan fingerprint density at radius 3 is 2.63 bits per heavy atom. The van der Waals surface area contributed by atoms with Gasteiger partial charge in [0.05, 0.1) is 21.8 Å². The van der Waals surface area contributed by atoms with Gasteiger partial charge in [0.15, 0.2) is 0 Å². The normalized spacial score (nSPS) is 18.4. The number of halogens is 2. The quantitative estimate of drug-likeness (QED) is 0.825. The number of fused-ring (bicyclic) bond motifs is 1. The van der Waals surface area contributed by atoms with Crippen molar-refractivity contribution in [2.24, 2.45) is 0 Å². The average Bonchev–Trinajstić information content (AvgIpc) is 2.68. The first kappa shape index (κ1) is 13.0. The molecule has 19 heavy (non-hydrogen) atoms. The van der Waals surface area contributed by atoms with Crippen molar-refractivity contribution in [3.63, 3.8) is 0 Å². The Morgan fingerprint density at radius 2 is 1.95 bits per heavy atom. The fourth-order valence-electron chi connectivity index (χ4n) is 2.89. The van der Waals surface area contributed by atoms with Crippen LogP contribution in [0.3, 0.4) is 0 Å². The second kappa shape index (κ2) is 4.86. The lowest BCUT2D eigenvalue weighted by molar-refractivity contribution is 0.156. The van der Waals surface area contributed by atoms with E-state index in [-0.39, 0.29) is 6.10 Å². The third-order valence-electron chi connectivity index (χ3n) is 3.73. The van der Waals surface area contributed by atoms with Crippen molar-refractivity contribution < 1.29 is 5.11 Å². The number of aliphatic hydroxyl groups excluding tert-OH is 1. The molecule has 1 heterocycles. The standard InChI is InChI=1S/C15H15Cl2NO/c1-9-8-10-13(6-3-7-14(10)19)18(9)15-11(16)4-2-5-12(15)17/h2,4-5,8,14,19H,3,6-7H2,1H3. The lowest BCUT2D eigenvalue weighted by Gasteiger charge is -2.21. The second-order valence-electron chi connectivity index (χ2n) is 5.00. The smallest absolute Gasteiger partial charge is 0.0830 e. The van der Waals surface area contributed by atoms with Crippen LogP contribution in [0.4, 0.5) is 0 Å². The van der Waals surface area contributed by atoms with Crippen molar-refractivity contribution in [1.82, 2.24) is 4.57 Å². The SMILES string of the molecule is Cc1cc2c(n1-c1c(Cl)cccc1Cl)CCCC2O. The monoisotopic (exact) mass is 295 g/mol. The summed E-state index contributed by atoms with van der Waals surface area (Å²) in [6, 6.07) is 7.56. The fraction of sp³-hybridized carbons (Fsp3) is 0.333. The van der Waals surface area contributed by atoms with Gasteiger partial charge in [-0.25, -0.2) is 0 Å². The topological polar surface area (TPSA) is 25.2 Å². The summed E-state index contributed by atoms with van der Waals surface area (Å²) in [6.07, 6.45) is 2.39. The van der Waals surface area contributed by atoms with E-state index >= 15 is 0 Å². The van der Waals surface area contributed by atoms with Crippen molar-refractivity contribution >= 4 is 23.2 Å². The summed E-state index contributed by atoms with van der Waals surface area (Å²) in [6.45, 7) is 2.02. The predicted molar refractivity (Wildman–Crippen MR) is 78.4 cm³/mol. The number of rotatable bonds is 1. The van der Waals surface area contributed by atoms with Gasteiger partial charge in [-0.15, -0.1) is 0 Å². The minimum Gasteiger partial charge on any atom is -0.388 e. The van der Waals surface area contributed by atoms with Crippen LogP contribution in [0.1, 0.15) is 35.9 Å². The molecular weight excluding hydrogens is 281 g/mol. The van der Waals surface area contributed by atoms with Gasteiger partial charge in [0.2, 0.25) is 0 Å². The van der Waals surface area contributed by atoms with Crippen LogP contribution in [0.15, 0.2) is 24.3 Å². The summed E-state index contributed by atoms with van der Waals surface area (Å²) in [5.74, 6) is 0. The highest BCUT2D eigenvalue weighted by Crippen LogP contribution is 2.37. The van der Waals surface area contributed by atoms with Crippen molar-refractivity contribution in [2.75, 3.05) is 0 Å². The third-order valence-corrected chi connectivity index (χ3v) is 4.34. The van der Waals surface area contributed by atoms with Crippen LogP contribution >= 0.6 is 23.2 Å². The lowest BCUT2D eigenvalue weighted by Crippen LogP contribution is -2.12. The summed E-state index contributed by atoms with van der Waals surface area (Å²) in [5.41, 5.74) is 4.02. The minimum absolute atomic E-state index is 0.370. The predicted octanol–water partition coefficient (Wildman–Crippen LogP) is 4.46. The van der Waals surface area contributed by atoms with Crippen molar-refractivity contribution in [3.05, 3.63) is 51.3 Å². The summed E-state index contributed by atoms with van der Waals surface area (Å²) in [5, 5.41) is 11.4. The van der Waals surface area contributed by atoms with E-state index < -0.39 is 0 Å². The fourth-order valence-corrected chi connectivity index (χ4v) is 3.46. The molecule has 2 nitrogen and oxygen atoms in total. The molecule has 2 aromatic rings. The maximum absolute atomic E-state index is 10.1. The van der Waals surface area contributed by atoms with Crippen molar-refractivity contribution in [2.45, 2.75) is 32.3 Å². The summed E-state index contributed by atoms with van der Waals surface area (Å²) >= 11 is 12.6. The molecule has 1 atom stereocenters. The molecule has 1 aromatic carbocycles. The van der Waals surface area contributed by atoms with Crippen LogP contribution in [0.2, 0.25) is 10.0 Å². The van der Waals surface area contributed by atoms with Gasteiger partial charge >= 0.3 is 0 Å². The first-order valence-corrected chi connectivity index (χ1v) is 7.18. The maximum Gasteiger partial charge on any atom is 0.0830 e. The van der Waals surface area contributed by atoms with Gasteiger partial charge in [-0.3, -0.25) is 0 Å². The molecule has 0 aliphatic heterocycles. The number of aliphatic hydroxyl groups is 1. The Kier molecular flexibility index (Phi) is 3.34. The number of hydrogen-bond donors (Lipinski definition) is 1. The van der Waals surface area contributed by atoms with E-state index in [0.717, 1.165) is 41.9 Å². The molecule has 100 valence electrons. The first-order valence-electron chi connectivity index (χ1n) is 6.43. The number of benzene rings is 1. The molecule has 3 rings (SSSR count). The van der Waals surface area contributed by atoms with Gasteiger partial charge in [-0.1, -0.05) is 29.3 Å². The minimum atomic E-state index is -0.370. The lowest BCUT2D eigenvalue weighted by atomic mass is 9.95. The molecule has 0 bridgehead atoms. The summed E-state index contributed by atoms with van der Waals surface area (Å²) in [7, 11) is 0. The molecule has 1 aliphatic carbocycles. The molecule has 0 saturated heterocycles. The van der Waals surface area contributed by atoms with Gasteiger partial charge in [0, 0.05) is 17.0 Å². The van der Waals surface area contributed by atoms with Crippen LogP contribution in [0.5, 0.6) is 0 Å². The molecule has 4 heteroatoms. The molecular formula is C15H15Cl2NO. The van der Waals surface area contributed by atoms with Gasteiger partial charge in [-0.2, -0.15) is 0 Å². The Bertz CT molecular complexity index is 613. The first-order chi connectivity index (χ1) is 9.09. The van der Waals surface area contributed by atoms with Crippen LogP contribution < -0.4 is 0 Å². The molecule has 0 fully saturated rings. The van der Waals surface area contributed by atoms with Crippen molar-refractivity contribution in [3.8, 4) is 5.69 Å². The van der Waals surface area contributed by atoms with E-state index in [1.807, 2.05) is 31.2 Å². The van der Waals surface area contributed by atoms with Crippen LogP contribution in [-0.2, 0) is 6.42 Å². The third kappa shape index (κ3) is 2.08. The van der Waals surface area contributed by atoms with E-state index in [1.165, 1.54) is 0 Å². The number of hydrogen-bond acceptors (Lipinski definition) is 1. The summed E-state index contributed by atoms with van der Waals surface area (Å²) in [4.78, 5) is 0. The van der Waals surface area contributed by atoms with Crippen molar-refractivity contribution in [1.29, 1.82) is 0 Å². The Hall–Kier alpha value is -0.960. The van der Waals surface area contributed by atoms with Gasteiger partial charge < -0.3 is 9.67 Å². The van der Waals surface area contributed by atoms with Crippen LogP contribution in [0, 0.1) is 6.92 Å². The van der Waals surface area contributed by atoms with E-state index in [0.29, 0.717) is 10.0 Å². The largest absolute Gasteiger partial charge is 0.388 e. The number of para-hydroxylation sites is 1. The highest BCUT2D eigenvalue weighted by molar-refractivity contribution is 6.37. The van der Waals surface area contributed by atoms with Gasteiger partial charge in [0.1, 0.15) is 0 Å². The highest BCUT2D eigenvalue weighted by atomic mass is 35.5. The average molecular weight is 296 g/mol. The number of aryl methyl sites for hydroxylation is 1. The van der Waals surface area contributed by atoms with Gasteiger partial charge in [0.25, 0.3) is 0 Å². The number of nitrogens with zero attached hydrogens (tertiary/aromatic N) is 1. The zero-order valence-corrected chi connectivity index (χ0v) is 12.2. The molecule has 0 radical (unpaired) electrons. The second-order valence-corrected chi connectivity index (χ2v) is 5.82. The van der Waals surface area contributed by atoms with E-state index in [2.05, 4.69) is 4.57 Å². The van der Waals surface area contributed by atoms with Gasteiger partial charge in [-0.05, 0) is 44.4 Å². The summed E-state index contributed by atoms with van der Waals surface area (Å²) < 4.78 is 2.09. The molecule has 0 saturated carbocycles. The van der Waals surface area contributed by atoms with Crippen LogP contribution in [0.25, 0.3) is 5.69 Å².